The number of benzene rings is 4. The van der Waals surface area contributed by atoms with Crippen LogP contribution in [0.25, 0.3) is 0 Å². The van der Waals surface area contributed by atoms with E-state index < -0.39 is 30.7 Å². The van der Waals surface area contributed by atoms with Crippen LogP contribution >= 0.6 is 0 Å². The van der Waals surface area contributed by atoms with Crippen LogP contribution in [0.1, 0.15) is 93.4 Å². The van der Waals surface area contributed by atoms with Gasteiger partial charge in [-0.05, 0) is 28.7 Å². The summed E-state index contributed by atoms with van der Waals surface area (Å²) in [5.41, 5.74) is 4.34. The molecule has 1 aliphatic rings. The van der Waals surface area contributed by atoms with E-state index in [-0.39, 0.29) is 0 Å². The van der Waals surface area contributed by atoms with E-state index in [0.29, 0.717) is 39.6 Å². The SMILES string of the molecule is CCCCCCCCCCCCO[C@H]1O[C@H](COCc2ccccc2)[C@@H](OCc2ccccc2)[C@H](OCc2ccccc2)[C@@H]1OCc1ccccc1. The monoisotopic (exact) mass is 708 g/mol. The second-order valence-electron chi connectivity index (χ2n) is 13.9. The predicted octanol–water partition coefficient (Wildman–Crippen LogP) is 10.6. The summed E-state index contributed by atoms with van der Waals surface area (Å²) in [6.07, 6.45) is 10.1. The number of rotatable bonds is 25. The first kappa shape index (κ1) is 39.8. The lowest BCUT2D eigenvalue weighted by molar-refractivity contribution is -0.328. The summed E-state index contributed by atoms with van der Waals surface area (Å²) in [5, 5.41) is 0. The maximum absolute atomic E-state index is 6.84. The third-order valence-corrected chi connectivity index (χ3v) is 9.62. The van der Waals surface area contributed by atoms with Crippen molar-refractivity contribution in [3.05, 3.63) is 144 Å². The Labute approximate surface area is 312 Å². The Kier molecular flexibility index (Phi) is 18.4. The highest BCUT2D eigenvalue weighted by molar-refractivity contribution is 5.16. The van der Waals surface area contributed by atoms with Crippen molar-refractivity contribution >= 4 is 0 Å². The molecule has 1 fully saturated rings. The second-order valence-corrected chi connectivity index (χ2v) is 13.9. The van der Waals surface area contributed by atoms with Crippen LogP contribution in [0.2, 0.25) is 0 Å². The molecule has 1 saturated heterocycles. The van der Waals surface area contributed by atoms with Crippen molar-refractivity contribution < 1.29 is 28.4 Å². The largest absolute Gasteiger partial charge is 0.374 e. The van der Waals surface area contributed by atoms with E-state index in [9.17, 15) is 0 Å². The standard InChI is InChI=1S/C46H60O6/c1-2-3-4-5-6-7-8-9-10-23-32-48-46-45(51-36-41-30-21-14-22-31-41)44(50-35-40-28-19-13-20-29-40)43(49-34-39-26-17-12-18-27-39)42(52-46)37-47-33-38-24-15-11-16-25-38/h11-22,24-31,42-46H,2-10,23,32-37H2,1H3/t42-,43-,44+,45+,46+/m1/s1. The zero-order valence-corrected chi connectivity index (χ0v) is 31.2. The van der Waals surface area contributed by atoms with Gasteiger partial charge in [-0.3, -0.25) is 0 Å². The van der Waals surface area contributed by atoms with Crippen LogP contribution < -0.4 is 0 Å². The summed E-state index contributed by atoms with van der Waals surface area (Å²) < 4.78 is 40.1. The minimum atomic E-state index is -0.648. The molecule has 1 aliphatic heterocycles. The molecule has 6 heteroatoms. The molecule has 0 bridgehead atoms. The van der Waals surface area contributed by atoms with E-state index >= 15 is 0 Å². The van der Waals surface area contributed by atoms with Gasteiger partial charge < -0.3 is 28.4 Å². The molecular weight excluding hydrogens is 649 g/mol. The fourth-order valence-electron chi connectivity index (χ4n) is 6.67. The first-order valence-electron chi connectivity index (χ1n) is 19.7. The quantitative estimate of drug-likeness (QED) is 0.0639. The van der Waals surface area contributed by atoms with Gasteiger partial charge in [0.15, 0.2) is 6.29 Å². The highest BCUT2D eigenvalue weighted by Gasteiger charge is 2.49. The van der Waals surface area contributed by atoms with Gasteiger partial charge in [-0.15, -0.1) is 0 Å². The third-order valence-electron chi connectivity index (χ3n) is 9.62. The van der Waals surface area contributed by atoms with Crippen LogP contribution in [0.4, 0.5) is 0 Å². The van der Waals surface area contributed by atoms with E-state index in [2.05, 4.69) is 55.5 Å². The molecule has 0 radical (unpaired) electrons. The van der Waals surface area contributed by atoms with Crippen molar-refractivity contribution in [3.8, 4) is 0 Å². The molecule has 280 valence electrons. The Hall–Kier alpha value is -3.36. The van der Waals surface area contributed by atoms with Gasteiger partial charge in [0.2, 0.25) is 0 Å². The smallest absolute Gasteiger partial charge is 0.186 e. The summed E-state index contributed by atoms with van der Waals surface area (Å²) in [4.78, 5) is 0. The van der Waals surface area contributed by atoms with Gasteiger partial charge >= 0.3 is 0 Å². The van der Waals surface area contributed by atoms with Gasteiger partial charge in [0.25, 0.3) is 0 Å². The first-order valence-corrected chi connectivity index (χ1v) is 19.7. The summed E-state index contributed by atoms with van der Waals surface area (Å²) in [6.45, 7) is 4.87. The van der Waals surface area contributed by atoms with Crippen LogP contribution in [-0.4, -0.2) is 43.9 Å². The molecule has 52 heavy (non-hydrogen) atoms. The van der Waals surface area contributed by atoms with Crippen LogP contribution in [0, 0.1) is 0 Å². The van der Waals surface area contributed by atoms with Crippen molar-refractivity contribution in [2.75, 3.05) is 13.2 Å². The lowest BCUT2D eigenvalue weighted by Crippen LogP contribution is -2.61. The van der Waals surface area contributed by atoms with Crippen LogP contribution in [0.3, 0.4) is 0 Å². The number of unbranched alkanes of at least 4 members (excludes halogenated alkanes) is 9. The average molecular weight is 709 g/mol. The predicted molar refractivity (Wildman–Crippen MR) is 208 cm³/mol. The van der Waals surface area contributed by atoms with Crippen LogP contribution in [0.5, 0.6) is 0 Å². The second kappa shape index (κ2) is 24.1. The highest BCUT2D eigenvalue weighted by Crippen LogP contribution is 2.32. The van der Waals surface area contributed by atoms with Gasteiger partial charge in [-0.2, -0.15) is 0 Å². The minimum absolute atomic E-state index is 0.322. The van der Waals surface area contributed by atoms with Crippen LogP contribution in [-0.2, 0) is 54.8 Å². The summed E-state index contributed by atoms with van der Waals surface area (Å²) in [6, 6.07) is 40.9. The molecule has 1 heterocycles. The normalized spacial score (nSPS) is 20.2. The molecule has 6 nitrogen and oxygen atoms in total. The van der Waals surface area contributed by atoms with Crippen molar-refractivity contribution in [2.45, 2.75) is 128 Å². The van der Waals surface area contributed by atoms with Crippen molar-refractivity contribution in [3.63, 3.8) is 0 Å². The zero-order valence-electron chi connectivity index (χ0n) is 31.2. The fraction of sp³-hybridized carbons (Fsp3) is 0.478. The topological polar surface area (TPSA) is 55.4 Å². The Bertz CT molecular complexity index is 1440. The average Bonchev–Trinajstić information content (AvgIpc) is 3.19. The number of hydrogen-bond acceptors (Lipinski definition) is 6. The minimum Gasteiger partial charge on any atom is -0.374 e. The molecule has 4 aromatic rings. The molecule has 0 aliphatic carbocycles. The van der Waals surface area contributed by atoms with E-state index in [0.717, 1.165) is 35.1 Å². The maximum Gasteiger partial charge on any atom is 0.186 e. The van der Waals surface area contributed by atoms with Crippen LogP contribution in [0.15, 0.2) is 121 Å². The molecule has 0 aromatic heterocycles. The molecule has 4 aromatic carbocycles. The van der Waals surface area contributed by atoms with Gasteiger partial charge in [0.1, 0.15) is 24.4 Å². The lowest BCUT2D eigenvalue weighted by atomic mass is 9.97. The van der Waals surface area contributed by atoms with E-state index in [4.69, 9.17) is 28.4 Å². The van der Waals surface area contributed by atoms with E-state index in [1.807, 2.05) is 72.8 Å². The Morgan fingerprint density at radius 1 is 0.423 bits per heavy atom. The molecule has 5 atom stereocenters. The van der Waals surface area contributed by atoms with E-state index in [1.165, 1.54) is 51.4 Å². The summed E-state index contributed by atoms with van der Waals surface area (Å²) >= 11 is 0. The molecule has 0 unspecified atom stereocenters. The summed E-state index contributed by atoms with van der Waals surface area (Å²) in [5.74, 6) is 0. The Morgan fingerprint density at radius 3 is 1.31 bits per heavy atom. The zero-order chi connectivity index (χ0) is 35.9. The third kappa shape index (κ3) is 14.2. The molecule has 5 rings (SSSR count). The number of ether oxygens (including phenoxy) is 6. The Balaban J connectivity index is 1.31. The van der Waals surface area contributed by atoms with Gasteiger partial charge in [0, 0.05) is 6.61 Å². The van der Waals surface area contributed by atoms with Crippen molar-refractivity contribution in [1.82, 2.24) is 0 Å². The first-order chi connectivity index (χ1) is 25.8. The van der Waals surface area contributed by atoms with Crippen molar-refractivity contribution in [1.29, 1.82) is 0 Å². The van der Waals surface area contributed by atoms with Crippen molar-refractivity contribution in [2.24, 2.45) is 0 Å². The number of hydrogen-bond donors (Lipinski definition) is 0. The highest BCUT2D eigenvalue weighted by atomic mass is 16.7. The molecule has 0 spiro atoms. The molecular formula is C46H60O6. The molecule has 0 N–H and O–H groups in total. The van der Waals surface area contributed by atoms with Gasteiger partial charge in [0.05, 0.1) is 33.0 Å². The lowest BCUT2D eigenvalue weighted by Gasteiger charge is -2.46. The Morgan fingerprint density at radius 2 is 0.827 bits per heavy atom. The maximum atomic E-state index is 6.84. The molecule has 0 saturated carbocycles. The fourth-order valence-corrected chi connectivity index (χ4v) is 6.67. The van der Waals surface area contributed by atoms with Gasteiger partial charge in [-0.25, -0.2) is 0 Å². The van der Waals surface area contributed by atoms with E-state index in [1.54, 1.807) is 0 Å². The van der Waals surface area contributed by atoms with Gasteiger partial charge in [-0.1, -0.05) is 186 Å². The summed E-state index contributed by atoms with van der Waals surface area (Å²) in [7, 11) is 0. The molecule has 0 amide bonds.